The molecule has 4 nitrogen and oxygen atoms in total. The molecule has 3 aliphatic heterocycles. The summed E-state index contributed by atoms with van der Waals surface area (Å²) in [5.41, 5.74) is 1.43. The van der Waals surface area contributed by atoms with Crippen molar-refractivity contribution in [3.05, 3.63) is 21.9 Å². The molecule has 23 heavy (non-hydrogen) atoms. The lowest BCUT2D eigenvalue weighted by atomic mass is 10.0. The number of thiophene rings is 1. The first kappa shape index (κ1) is 15.6. The van der Waals surface area contributed by atoms with E-state index in [0.29, 0.717) is 24.5 Å². The molecule has 0 saturated carbocycles. The molecule has 2 atom stereocenters. The van der Waals surface area contributed by atoms with E-state index in [1.54, 1.807) is 0 Å². The number of likely N-dealkylation sites (N-methyl/N-ethyl adjacent to an activating group) is 1. The normalized spacial score (nSPS) is 29.2. The lowest BCUT2D eigenvalue weighted by molar-refractivity contribution is -0.134. The summed E-state index contributed by atoms with van der Waals surface area (Å²) < 4.78 is 0. The van der Waals surface area contributed by atoms with Crippen molar-refractivity contribution in [3.8, 4) is 0 Å². The SMILES string of the molecule is CN1CCC[C@H]1[C@H]1CCCN1C(=O)CN1CCc2sccc2C1. The number of carbonyl (C=O) groups excluding carboxylic acids is 1. The van der Waals surface area contributed by atoms with Gasteiger partial charge >= 0.3 is 0 Å². The van der Waals surface area contributed by atoms with Crippen molar-refractivity contribution in [1.29, 1.82) is 0 Å². The average molecular weight is 334 g/mol. The molecule has 2 saturated heterocycles. The Labute approximate surface area is 143 Å². The highest BCUT2D eigenvalue weighted by molar-refractivity contribution is 7.10. The molecule has 1 amide bonds. The lowest BCUT2D eigenvalue weighted by Gasteiger charge is -2.35. The second kappa shape index (κ2) is 6.54. The minimum Gasteiger partial charge on any atom is -0.337 e. The van der Waals surface area contributed by atoms with Crippen molar-refractivity contribution in [2.75, 3.05) is 33.2 Å². The van der Waals surface area contributed by atoms with E-state index in [1.807, 2.05) is 11.3 Å². The third-order valence-electron chi connectivity index (χ3n) is 5.89. The first-order valence-electron chi connectivity index (χ1n) is 8.99. The second-order valence-corrected chi connectivity index (χ2v) is 8.32. The zero-order chi connectivity index (χ0) is 15.8. The van der Waals surface area contributed by atoms with Gasteiger partial charge < -0.3 is 9.80 Å². The van der Waals surface area contributed by atoms with E-state index in [4.69, 9.17) is 0 Å². The molecule has 0 aliphatic carbocycles. The van der Waals surface area contributed by atoms with Crippen LogP contribution < -0.4 is 0 Å². The molecule has 0 N–H and O–H groups in total. The van der Waals surface area contributed by atoms with Gasteiger partial charge in [-0.15, -0.1) is 11.3 Å². The number of amides is 1. The van der Waals surface area contributed by atoms with Crippen LogP contribution in [0, 0.1) is 0 Å². The number of hydrogen-bond acceptors (Lipinski definition) is 4. The molecule has 2 fully saturated rings. The second-order valence-electron chi connectivity index (χ2n) is 7.32. The molecular weight excluding hydrogens is 306 g/mol. The largest absolute Gasteiger partial charge is 0.337 e. The highest BCUT2D eigenvalue weighted by atomic mass is 32.1. The van der Waals surface area contributed by atoms with Crippen molar-refractivity contribution < 1.29 is 4.79 Å². The summed E-state index contributed by atoms with van der Waals surface area (Å²) in [6.07, 6.45) is 6.01. The molecular formula is C18H27N3OS. The molecule has 0 aromatic carbocycles. The van der Waals surface area contributed by atoms with Gasteiger partial charge in [0, 0.05) is 36.6 Å². The molecule has 126 valence electrons. The van der Waals surface area contributed by atoms with Crippen LogP contribution in [0.2, 0.25) is 0 Å². The topological polar surface area (TPSA) is 26.8 Å². The van der Waals surface area contributed by atoms with E-state index < -0.39 is 0 Å². The third kappa shape index (κ3) is 3.06. The van der Waals surface area contributed by atoms with Crippen molar-refractivity contribution in [2.45, 2.75) is 50.7 Å². The molecule has 0 radical (unpaired) electrons. The molecule has 4 rings (SSSR count). The van der Waals surface area contributed by atoms with Crippen LogP contribution in [0.3, 0.4) is 0 Å². The van der Waals surface area contributed by atoms with Gasteiger partial charge in [0.05, 0.1) is 6.54 Å². The van der Waals surface area contributed by atoms with Gasteiger partial charge in [-0.2, -0.15) is 0 Å². The van der Waals surface area contributed by atoms with Gasteiger partial charge in [0.2, 0.25) is 5.91 Å². The number of nitrogens with zero attached hydrogens (tertiary/aromatic N) is 3. The van der Waals surface area contributed by atoms with Crippen LogP contribution in [-0.2, 0) is 17.8 Å². The van der Waals surface area contributed by atoms with Crippen LogP contribution in [0.1, 0.15) is 36.1 Å². The molecule has 4 heterocycles. The Morgan fingerprint density at radius 3 is 2.87 bits per heavy atom. The fourth-order valence-corrected chi connectivity index (χ4v) is 5.54. The number of hydrogen-bond donors (Lipinski definition) is 0. The summed E-state index contributed by atoms with van der Waals surface area (Å²) in [5, 5.41) is 2.18. The Morgan fingerprint density at radius 1 is 1.22 bits per heavy atom. The van der Waals surface area contributed by atoms with Crippen LogP contribution in [0.5, 0.6) is 0 Å². The monoisotopic (exact) mass is 333 g/mol. The first-order valence-corrected chi connectivity index (χ1v) is 9.87. The Kier molecular flexibility index (Phi) is 4.43. The molecule has 1 aromatic rings. The fraction of sp³-hybridized carbons (Fsp3) is 0.722. The summed E-state index contributed by atoms with van der Waals surface area (Å²) in [6.45, 7) is 4.73. The minimum absolute atomic E-state index is 0.353. The Morgan fingerprint density at radius 2 is 2.04 bits per heavy atom. The fourth-order valence-electron chi connectivity index (χ4n) is 4.65. The smallest absolute Gasteiger partial charge is 0.237 e. The van der Waals surface area contributed by atoms with E-state index in [0.717, 1.165) is 26.1 Å². The predicted octanol–water partition coefficient (Wildman–Crippen LogP) is 2.19. The standard InChI is InChI=1S/C18H27N3OS/c1-19-8-2-4-15(19)16-5-3-9-21(16)18(22)13-20-10-6-17-14(12-20)7-11-23-17/h7,11,15-16H,2-6,8-10,12-13H2,1H3/t15-,16+/m0/s1. The van der Waals surface area contributed by atoms with E-state index in [2.05, 4.69) is 33.2 Å². The highest BCUT2D eigenvalue weighted by Crippen LogP contribution is 2.30. The van der Waals surface area contributed by atoms with Gasteiger partial charge in [-0.25, -0.2) is 0 Å². The van der Waals surface area contributed by atoms with Gasteiger partial charge in [-0.05, 0) is 62.7 Å². The van der Waals surface area contributed by atoms with Gasteiger partial charge in [-0.3, -0.25) is 9.69 Å². The van der Waals surface area contributed by atoms with Crippen LogP contribution in [0.25, 0.3) is 0 Å². The van der Waals surface area contributed by atoms with E-state index in [1.165, 1.54) is 42.7 Å². The van der Waals surface area contributed by atoms with Crippen LogP contribution >= 0.6 is 11.3 Å². The number of rotatable bonds is 3. The van der Waals surface area contributed by atoms with E-state index in [9.17, 15) is 4.79 Å². The maximum absolute atomic E-state index is 12.9. The Bertz CT molecular complexity index is 572. The van der Waals surface area contributed by atoms with Crippen LogP contribution in [-0.4, -0.2) is 65.9 Å². The van der Waals surface area contributed by atoms with Crippen LogP contribution in [0.4, 0.5) is 0 Å². The maximum atomic E-state index is 12.9. The van der Waals surface area contributed by atoms with Crippen molar-refractivity contribution in [3.63, 3.8) is 0 Å². The third-order valence-corrected chi connectivity index (χ3v) is 6.91. The number of carbonyl (C=O) groups is 1. The molecule has 3 aliphatic rings. The van der Waals surface area contributed by atoms with Crippen molar-refractivity contribution >= 4 is 17.2 Å². The first-order chi connectivity index (χ1) is 11.2. The summed E-state index contributed by atoms with van der Waals surface area (Å²) in [7, 11) is 2.22. The number of fused-ring (bicyclic) bond motifs is 1. The van der Waals surface area contributed by atoms with Gasteiger partial charge in [0.15, 0.2) is 0 Å². The van der Waals surface area contributed by atoms with Crippen LogP contribution in [0.15, 0.2) is 11.4 Å². The quantitative estimate of drug-likeness (QED) is 0.848. The van der Waals surface area contributed by atoms with Crippen molar-refractivity contribution in [1.82, 2.24) is 14.7 Å². The van der Waals surface area contributed by atoms with Gasteiger partial charge in [0.25, 0.3) is 0 Å². The Balaban J connectivity index is 1.39. The highest BCUT2D eigenvalue weighted by Gasteiger charge is 2.38. The van der Waals surface area contributed by atoms with E-state index in [-0.39, 0.29) is 0 Å². The molecule has 0 bridgehead atoms. The molecule has 5 heteroatoms. The zero-order valence-electron chi connectivity index (χ0n) is 14.0. The zero-order valence-corrected chi connectivity index (χ0v) is 14.9. The number of likely N-dealkylation sites (tertiary alicyclic amines) is 2. The average Bonchev–Trinajstić information content (AvgIpc) is 3.25. The van der Waals surface area contributed by atoms with Gasteiger partial charge in [0.1, 0.15) is 0 Å². The Hall–Kier alpha value is -0.910. The van der Waals surface area contributed by atoms with E-state index >= 15 is 0 Å². The van der Waals surface area contributed by atoms with Crippen molar-refractivity contribution in [2.24, 2.45) is 0 Å². The lowest BCUT2D eigenvalue weighted by Crippen LogP contribution is -2.50. The summed E-state index contributed by atoms with van der Waals surface area (Å²) in [4.78, 5) is 21.4. The maximum Gasteiger partial charge on any atom is 0.237 e. The molecule has 0 spiro atoms. The molecule has 1 aromatic heterocycles. The summed E-state index contributed by atoms with van der Waals surface area (Å²) >= 11 is 1.86. The summed E-state index contributed by atoms with van der Waals surface area (Å²) in [6, 6.07) is 3.27. The summed E-state index contributed by atoms with van der Waals surface area (Å²) in [5.74, 6) is 0.353. The van der Waals surface area contributed by atoms with Gasteiger partial charge in [-0.1, -0.05) is 0 Å². The predicted molar refractivity (Wildman–Crippen MR) is 93.7 cm³/mol. The minimum atomic E-state index is 0.353. The molecule has 0 unspecified atom stereocenters.